The lowest BCUT2D eigenvalue weighted by Gasteiger charge is -2.30. The summed E-state index contributed by atoms with van der Waals surface area (Å²) in [4.78, 5) is 26.0. The van der Waals surface area contributed by atoms with Crippen LogP contribution in [0.5, 0.6) is 0 Å². The Kier molecular flexibility index (Phi) is 6.71. The summed E-state index contributed by atoms with van der Waals surface area (Å²) in [5.41, 5.74) is 0.572. The Balaban J connectivity index is 2.08. The largest absolute Gasteiger partial charge is 0.462 e. The van der Waals surface area contributed by atoms with Gasteiger partial charge in [0.2, 0.25) is 5.96 Å². The molecule has 9 nitrogen and oxygen atoms in total. The van der Waals surface area contributed by atoms with Crippen LogP contribution in [0.2, 0.25) is 0 Å². The molecule has 0 aliphatic carbocycles. The molecule has 3 rings (SSSR count). The van der Waals surface area contributed by atoms with Crippen LogP contribution >= 0.6 is 0 Å². The molecule has 1 aliphatic rings. The molecule has 162 valence electrons. The minimum Gasteiger partial charge on any atom is -0.462 e. The van der Waals surface area contributed by atoms with Crippen molar-refractivity contribution in [1.29, 1.82) is 0 Å². The van der Waals surface area contributed by atoms with Gasteiger partial charge in [-0.15, -0.1) is 4.40 Å². The molecule has 0 fully saturated rings. The molecule has 10 heteroatoms. The van der Waals surface area contributed by atoms with E-state index in [0.717, 1.165) is 6.20 Å². The van der Waals surface area contributed by atoms with Gasteiger partial charge in [0.05, 0.1) is 18.9 Å². The maximum atomic E-state index is 12.7. The number of guanidine groups is 1. The predicted molar refractivity (Wildman–Crippen MR) is 114 cm³/mol. The molecule has 0 saturated carbocycles. The molecule has 1 N–H and O–H groups in total. The number of nitrogens with one attached hydrogen (secondary N) is 1. The summed E-state index contributed by atoms with van der Waals surface area (Å²) in [5, 5.41) is 2.68. The molecule has 0 unspecified atom stereocenters. The van der Waals surface area contributed by atoms with Crippen molar-refractivity contribution in [3.8, 4) is 0 Å². The standard InChI is InChI=1S/C21H21N3O6S/c1-3-29-19(25)16(20(26)30-4-2)14-22-21-23-31(27,28)18-13-9-8-12-17(18)24(21)15-10-6-5-7-11-15/h5-14H,3-4H2,1-2H3,(H,22,23). The number of ether oxygens (including phenoxy) is 2. The number of para-hydroxylation sites is 2. The van der Waals surface area contributed by atoms with Gasteiger partial charge in [-0.25, -0.2) is 9.59 Å². The lowest BCUT2D eigenvalue weighted by Crippen LogP contribution is -2.40. The van der Waals surface area contributed by atoms with E-state index in [9.17, 15) is 18.0 Å². The van der Waals surface area contributed by atoms with Gasteiger partial charge in [0.15, 0.2) is 5.57 Å². The van der Waals surface area contributed by atoms with Crippen molar-refractivity contribution in [1.82, 2.24) is 5.32 Å². The maximum Gasteiger partial charge on any atom is 0.347 e. The molecule has 0 saturated heterocycles. The third-order valence-electron chi connectivity index (χ3n) is 4.15. The highest BCUT2D eigenvalue weighted by molar-refractivity contribution is 7.90. The fourth-order valence-corrected chi connectivity index (χ4v) is 4.00. The monoisotopic (exact) mass is 443 g/mol. The van der Waals surface area contributed by atoms with E-state index in [-0.39, 0.29) is 24.1 Å². The second kappa shape index (κ2) is 9.43. The molecule has 1 heterocycles. The van der Waals surface area contributed by atoms with E-state index < -0.39 is 27.5 Å². The van der Waals surface area contributed by atoms with E-state index in [4.69, 9.17) is 9.47 Å². The number of hydrogen-bond donors (Lipinski definition) is 1. The van der Waals surface area contributed by atoms with E-state index >= 15 is 0 Å². The van der Waals surface area contributed by atoms with Crippen molar-refractivity contribution in [3.63, 3.8) is 0 Å². The highest BCUT2D eigenvalue weighted by Gasteiger charge is 2.32. The molecule has 2 aromatic rings. The van der Waals surface area contributed by atoms with Crippen LogP contribution in [0.4, 0.5) is 11.4 Å². The van der Waals surface area contributed by atoms with E-state index in [0.29, 0.717) is 11.4 Å². The van der Waals surface area contributed by atoms with E-state index in [1.165, 1.54) is 6.07 Å². The molecule has 2 aromatic carbocycles. The lowest BCUT2D eigenvalue weighted by molar-refractivity contribution is -0.146. The minimum atomic E-state index is -4.02. The maximum absolute atomic E-state index is 12.7. The molecular weight excluding hydrogens is 422 g/mol. The van der Waals surface area contributed by atoms with Gasteiger partial charge in [-0.3, -0.25) is 4.90 Å². The molecule has 0 bridgehead atoms. The van der Waals surface area contributed by atoms with Crippen molar-refractivity contribution in [3.05, 3.63) is 66.4 Å². The summed E-state index contributed by atoms with van der Waals surface area (Å²) in [7, 11) is -4.02. The average Bonchev–Trinajstić information content (AvgIpc) is 2.75. The molecular formula is C21H21N3O6S. The molecule has 0 spiro atoms. The number of esters is 2. The van der Waals surface area contributed by atoms with Gasteiger partial charge in [0, 0.05) is 11.9 Å². The molecule has 0 aromatic heterocycles. The number of carbonyl (C=O) groups is 2. The summed E-state index contributed by atoms with van der Waals surface area (Å²) in [6.07, 6.45) is 1.04. The number of sulfonamides is 1. The zero-order chi connectivity index (χ0) is 22.4. The van der Waals surface area contributed by atoms with Crippen LogP contribution in [0.15, 0.2) is 75.7 Å². The number of benzene rings is 2. The van der Waals surface area contributed by atoms with Gasteiger partial charge in [0.25, 0.3) is 10.0 Å². The first-order valence-electron chi connectivity index (χ1n) is 9.49. The van der Waals surface area contributed by atoms with E-state index in [2.05, 4.69) is 9.71 Å². The Morgan fingerprint density at radius 1 is 0.968 bits per heavy atom. The van der Waals surface area contributed by atoms with Gasteiger partial charge >= 0.3 is 11.9 Å². The molecule has 31 heavy (non-hydrogen) atoms. The average molecular weight is 443 g/mol. The van der Waals surface area contributed by atoms with Gasteiger partial charge in [-0.2, -0.15) is 8.42 Å². The Labute approximate surface area is 180 Å². The van der Waals surface area contributed by atoms with Crippen LogP contribution in [0.25, 0.3) is 0 Å². The second-order valence-corrected chi connectivity index (χ2v) is 7.74. The summed E-state index contributed by atoms with van der Waals surface area (Å²) in [6, 6.07) is 15.3. The first kappa shape index (κ1) is 22.0. The van der Waals surface area contributed by atoms with Gasteiger partial charge < -0.3 is 14.8 Å². The van der Waals surface area contributed by atoms with Crippen molar-refractivity contribution in [2.45, 2.75) is 18.7 Å². The molecule has 0 amide bonds. The number of hydrogen-bond acceptors (Lipinski definition) is 8. The highest BCUT2D eigenvalue weighted by atomic mass is 32.2. The number of carbonyl (C=O) groups excluding carboxylic acids is 2. The van der Waals surface area contributed by atoms with Crippen molar-refractivity contribution < 1.29 is 27.5 Å². The van der Waals surface area contributed by atoms with E-state index in [1.807, 2.05) is 6.07 Å². The Bertz CT molecular complexity index is 1120. The predicted octanol–water partition coefficient (Wildman–Crippen LogP) is 2.48. The summed E-state index contributed by atoms with van der Waals surface area (Å²) >= 11 is 0. The van der Waals surface area contributed by atoms with Crippen LogP contribution in [-0.4, -0.2) is 39.5 Å². The normalized spacial score (nSPS) is 14.0. The number of nitrogens with zero attached hydrogens (tertiary/aromatic N) is 2. The SMILES string of the molecule is CCOC(=O)C(=CNC1=NS(=O)(=O)c2ccccc2N1c1ccccc1)C(=O)OCC. The Morgan fingerprint density at radius 2 is 1.55 bits per heavy atom. The van der Waals surface area contributed by atoms with Crippen LogP contribution in [0.1, 0.15) is 13.8 Å². The van der Waals surface area contributed by atoms with Gasteiger partial charge in [0.1, 0.15) is 4.90 Å². The van der Waals surface area contributed by atoms with Crippen LogP contribution in [0, 0.1) is 0 Å². The van der Waals surface area contributed by atoms with Gasteiger partial charge in [-0.05, 0) is 38.1 Å². The number of fused-ring (bicyclic) bond motifs is 1. The molecule has 0 radical (unpaired) electrons. The lowest BCUT2D eigenvalue weighted by atomic mass is 10.2. The molecule has 1 aliphatic heterocycles. The van der Waals surface area contributed by atoms with Crippen LogP contribution in [-0.2, 0) is 29.1 Å². The topological polar surface area (TPSA) is 114 Å². The van der Waals surface area contributed by atoms with Gasteiger partial charge in [-0.1, -0.05) is 30.3 Å². The molecule has 0 atom stereocenters. The first-order valence-corrected chi connectivity index (χ1v) is 10.9. The first-order chi connectivity index (χ1) is 14.9. The Hall–Kier alpha value is -3.66. The summed E-state index contributed by atoms with van der Waals surface area (Å²) in [5.74, 6) is -1.92. The zero-order valence-electron chi connectivity index (χ0n) is 16.9. The van der Waals surface area contributed by atoms with Crippen molar-refractivity contribution in [2.24, 2.45) is 4.40 Å². The quantitative estimate of drug-likeness (QED) is 0.313. The number of rotatable bonds is 6. The summed E-state index contributed by atoms with van der Waals surface area (Å²) < 4.78 is 39.1. The summed E-state index contributed by atoms with van der Waals surface area (Å²) in [6.45, 7) is 3.29. The smallest absolute Gasteiger partial charge is 0.347 e. The van der Waals surface area contributed by atoms with Crippen molar-refractivity contribution >= 4 is 39.3 Å². The van der Waals surface area contributed by atoms with Crippen LogP contribution < -0.4 is 10.2 Å². The van der Waals surface area contributed by atoms with E-state index in [1.54, 1.807) is 61.2 Å². The zero-order valence-corrected chi connectivity index (χ0v) is 17.8. The second-order valence-electron chi connectivity index (χ2n) is 6.17. The third kappa shape index (κ3) is 4.75. The Morgan fingerprint density at radius 3 is 2.16 bits per heavy atom. The minimum absolute atomic E-state index is 0.0318. The fourth-order valence-electron chi connectivity index (χ4n) is 2.86. The van der Waals surface area contributed by atoms with Crippen LogP contribution in [0.3, 0.4) is 0 Å². The third-order valence-corrected chi connectivity index (χ3v) is 5.47. The fraction of sp³-hybridized carbons (Fsp3) is 0.190. The van der Waals surface area contributed by atoms with Crippen molar-refractivity contribution in [2.75, 3.05) is 18.1 Å². The number of anilines is 2. The highest BCUT2D eigenvalue weighted by Crippen LogP contribution is 2.35.